The number of amides is 2. The summed E-state index contributed by atoms with van der Waals surface area (Å²) in [5, 5.41) is 21.5. The molecule has 0 aliphatic carbocycles. The number of urea groups is 1. The van der Waals surface area contributed by atoms with Gasteiger partial charge in [-0.05, 0) is 58.0 Å². The summed E-state index contributed by atoms with van der Waals surface area (Å²) < 4.78 is 13.6. The summed E-state index contributed by atoms with van der Waals surface area (Å²) in [6, 6.07) is 15.5. The fraction of sp³-hybridized carbons (Fsp3) is 0.333. The number of rotatable bonds is 5. The fourth-order valence-electron chi connectivity index (χ4n) is 3.87. The third kappa shape index (κ3) is 4.27. The molecule has 2 aromatic carbocycles. The van der Waals surface area contributed by atoms with Crippen molar-refractivity contribution in [3.8, 4) is 11.6 Å². The van der Waals surface area contributed by atoms with Crippen LogP contribution in [-0.2, 0) is 0 Å². The minimum absolute atomic E-state index is 0.366. The van der Waals surface area contributed by atoms with Gasteiger partial charge in [-0.25, -0.2) is 9.48 Å². The van der Waals surface area contributed by atoms with Crippen LogP contribution in [0.3, 0.4) is 0 Å². The average Bonchev–Trinajstić information content (AvgIpc) is 3.10. The number of aryl methyl sites for hydroxylation is 1. The highest BCUT2D eigenvalue weighted by Crippen LogP contribution is 2.44. The Balaban J connectivity index is 1.68. The van der Waals surface area contributed by atoms with Crippen LogP contribution in [0.25, 0.3) is 0 Å². The molecule has 1 aliphatic rings. The zero-order valence-corrected chi connectivity index (χ0v) is 18.6. The van der Waals surface area contributed by atoms with Gasteiger partial charge in [-0.3, -0.25) is 0 Å². The smallest absolute Gasteiger partial charge is 0.323 e. The highest BCUT2D eigenvalue weighted by molar-refractivity contribution is 5.99. The molecular formula is C24H28N4O4. The molecule has 1 aliphatic heterocycles. The topological polar surface area (TPSA) is 97.6 Å². The van der Waals surface area contributed by atoms with E-state index < -0.39 is 17.7 Å². The number of benzene rings is 2. The zero-order chi connectivity index (χ0) is 22.9. The molecular weight excluding hydrogens is 408 g/mol. The van der Waals surface area contributed by atoms with Gasteiger partial charge in [0.15, 0.2) is 0 Å². The molecule has 0 saturated heterocycles. The van der Waals surface area contributed by atoms with Crippen LogP contribution in [0.1, 0.15) is 38.1 Å². The molecule has 0 saturated carbocycles. The Morgan fingerprint density at radius 1 is 1.16 bits per heavy atom. The molecule has 32 heavy (non-hydrogen) atoms. The number of nitrogens with zero attached hydrogens (tertiary/aromatic N) is 2. The Bertz CT molecular complexity index is 1110. The van der Waals surface area contributed by atoms with Crippen molar-refractivity contribution < 1.29 is 19.4 Å². The molecule has 8 nitrogen and oxygen atoms in total. The second kappa shape index (κ2) is 8.55. The average molecular weight is 437 g/mol. The fourth-order valence-corrected chi connectivity index (χ4v) is 3.87. The molecule has 4 rings (SSSR count). The molecule has 8 heteroatoms. The molecule has 0 spiro atoms. The first-order chi connectivity index (χ1) is 15.3. The largest absolute Gasteiger partial charge is 0.485 e. The van der Waals surface area contributed by atoms with Crippen LogP contribution in [0, 0.1) is 6.92 Å². The monoisotopic (exact) mass is 436 g/mol. The second-order valence-corrected chi connectivity index (χ2v) is 8.29. The van der Waals surface area contributed by atoms with E-state index in [-0.39, 0.29) is 6.03 Å². The van der Waals surface area contributed by atoms with Crippen molar-refractivity contribution >= 4 is 17.4 Å². The zero-order valence-electron chi connectivity index (χ0n) is 18.6. The van der Waals surface area contributed by atoms with Crippen LogP contribution in [0.4, 0.5) is 16.2 Å². The SMILES string of the molecule is CCOc1cc(C)nn1[C@H]1c2cc(NC(=O)Nc3ccccc3)ccc2OC(C)(C)[C@@H]1O. The van der Waals surface area contributed by atoms with Crippen LogP contribution >= 0.6 is 0 Å². The lowest BCUT2D eigenvalue weighted by Crippen LogP contribution is -2.50. The van der Waals surface area contributed by atoms with E-state index in [1.807, 2.05) is 64.1 Å². The molecule has 1 aromatic heterocycles. The number of nitrogens with one attached hydrogen (secondary N) is 2. The van der Waals surface area contributed by atoms with E-state index >= 15 is 0 Å². The number of fused-ring (bicyclic) bond motifs is 1. The molecule has 3 aromatic rings. The Morgan fingerprint density at radius 2 is 1.88 bits per heavy atom. The molecule has 0 fully saturated rings. The number of carbonyl (C=O) groups excluding carboxylic acids is 1. The first-order valence-corrected chi connectivity index (χ1v) is 10.6. The maximum atomic E-state index is 12.5. The van der Waals surface area contributed by atoms with Crippen molar-refractivity contribution in [3.63, 3.8) is 0 Å². The van der Waals surface area contributed by atoms with E-state index in [9.17, 15) is 9.90 Å². The lowest BCUT2D eigenvalue weighted by molar-refractivity contribution is -0.0670. The molecule has 2 heterocycles. The Morgan fingerprint density at radius 3 is 2.59 bits per heavy atom. The minimum atomic E-state index is -0.901. The first-order valence-electron chi connectivity index (χ1n) is 10.6. The van der Waals surface area contributed by atoms with E-state index in [0.29, 0.717) is 35.2 Å². The third-order valence-corrected chi connectivity index (χ3v) is 5.38. The summed E-state index contributed by atoms with van der Waals surface area (Å²) in [5.74, 6) is 1.19. The van der Waals surface area contributed by atoms with Crippen molar-refractivity contribution in [3.05, 3.63) is 65.9 Å². The van der Waals surface area contributed by atoms with Gasteiger partial charge in [0.25, 0.3) is 0 Å². The summed E-state index contributed by atoms with van der Waals surface area (Å²) in [6.07, 6.45) is -0.901. The maximum Gasteiger partial charge on any atom is 0.323 e. The lowest BCUT2D eigenvalue weighted by atomic mass is 9.86. The van der Waals surface area contributed by atoms with Crippen LogP contribution in [-0.4, -0.2) is 39.2 Å². The highest BCUT2D eigenvalue weighted by atomic mass is 16.5. The molecule has 0 bridgehead atoms. The Kier molecular flexibility index (Phi) is 5.80. The van der Waals surface area contributed by atoms with E-state index in [1.54, 1.807) is 22.9 Å². The minimum Gasteiger partial charge on any atom is -0.485 e. The number of aromatic nitrogens is 2. The normalized spacial score (nSPS) is 18.9. The number of carbonyl (C=O) groups is 1. The van der Waals surface area contributed by atoms with Crippen molar-refractivity contribution in [2.75, 3.05) is 17.2 Å². The number of para-hydroxylation sites is 1. The lowest BCUT2D eigenvalue weighted by Gasteiger charge is -2.42. The molecule has 168 valence electrons. The van der Waals surface area contributed by atoms with E-state index in [2.05, 4.69) is 15.7 Å². The van der Waals surface area contributed by atoms with E-state index in [1.165, 1.54) is 0 Å². The number of aliphatic hydroxyl groups excluding tert-OH is 1. The maximum absolute atomic E-state index is 12.5. The van der Waals surface area contributed by atoms with Gasteiger partial charge in [-0.1, -0.05) is 18.2 Å². The standard InChI is InChI=1S/C24H28N4O4/c1-5-31-20-13-15(2)27-28(20)21-18-14-17(11-12-19(18)32-24(3,4)22(21)29)26-23(30)25-16-9-7-6-8-10-16/h6-14,21-22,29H,5H2,1-4H3,(H2,25,26,30)/t21-,22+/m0/s1. The third-order valence-electron chi connectivity index (χ3n) is 5.38. The quantitative estimate of drug-likeness (QED) is 0.552. The van der Waals surface area contributed by atoms with Gasteiger partial charge >= 0.3 is 6.03 Å². The van der Waals surface area contributed by atoms with Gasteiger partial charge in [0.2, 0.25) is 5.88 Å². The summed E-state index contributed by atoms with van der Waals surface area (Å²) in [4.78, 5) is 12.5. The molecule has 3 N–H and O–H groups in total. The molecule has 0 radical (unpaired) electrons. The predicted molar refractivity (Wildman–Crippen MR) is 123 cm³/mol. The van der Waals surface area contributed by atoms with Gasteiger partial charge in [-0.15, -0.1) is 0 Å². The van der Waals surface area contributed by atoms with Crippen molar-refractivity contribution in [2.24, 2.45) is 0 Å². The van der Waals surface area contributed by atoms with E-state index in [4.69, 9.17) is 9.47 Å². The van der Waals surface area contributed by atoms with Crippen molar-refractivity contribution in [1.29, 1.82) is 0 Å². The number of anilines is 2. The summed E-state index contributed by atoms with van der Waals surface area (Å²) in [5.41, 5.74) is 1.90. The predicted octanol–water partition coefficient (Wildman–Crippen LogP) is 4.36. The van der Waals surface area contributed by atoms with Gasteiger partial charge in [0.05, 0.1) is 12.3 Å². The molecule has 2 atom stereocenters. The first kappa shape index (κ1) is 21.7. The Hall–Kier alpha value is -3.52. The van der Waals surface area contributed by atoms with Gasteiger partial charge < -0.3 is 25.2 Å². The second-order valence-electron chi connectivity index (χ2n) is 8.29. The Labute approximate surface area is 187 Å². The number of ether oxygens (including phenoxy) is 2. The van der Waals surface area contributed by atoms with Crippen LogP contribution in [0.15, 0.2) is 54.6 Å². The molecule has 2 amide bonds. The number of aliphatic hydroxyl groups is 1. The molecule has 0 unspecified atom stereocenters. The number of hydrogen-bond acceptors (Lipinski definition) is 5. The number of hydrogen-bond donors (Lipinski definition) is 3. The van der Waals surface area contributed by atoms with Crippen LogP contribution in [0.2, 0.25) is 0 Å². The van der Waals surface area contributed by atoms with Gasteiger partial charge in [0, 0.05) is 23.0 Å². The van der Waals surface area contributed by atoms with Crippen LogP contribution < -0.4 is 20.1 Å². The van der Waals surface area contributed by atoms with Gasteiger partial charge in [0.1, 0.15) is 23.5 Å². The van der Waals surface area contributed by atoms with Gasteiger partial charge in [-0.2, -0.15) is 5.10 Å². The summed E-state index contributed by atoms with van der Waals surface area (Å²) >= 11 is 0. The van der Waals surface area contributed by atoms with Crippen molar-refractivity contribution in [2.45, 2.75) is 45.4 Å². The van der Waals surface area contributed by atoms with Crippen molar-refractivity contribution in [1.82, 2.24) is 9.78 Å². The van der Waals surface area contributed by atoms with Crippen LogP contribution in [0.5, 0.6) is 11.6 Å². The highest BCUT2D eigenvalue weighted by Gasteiger charge is 2.45. The van der Waals surface area contributed by atoms with E-state index in [0.717, 1.165) is 5.69 Å². The summed E-state index contributed by atoms with van der Waals surface area (Å²) in [6.45, 7) is 7.93. The summed E-state index contributed by atoms with van der Waals surface area (Å²) in [7, 11) is 0.